The summed E-state index contributed by atoms with van der Waals surface area (Å²) in [5.74, 6) is 1.12. The van der Waals surface area contributed by atoms with Crippen LogP contribution in [0.4, 0.5) is 5.82 Å². The summed E-state index contributed by atoms with van der Waals surface area (Å²) in [6, 6.07) is 7.14. The van der Waals surface area contributed by atoms with Crippen LogP contribution >= 0.6 is 11.6 Å². The van der Waals surface area contributed by atoms with Crippen LogP contribution in [0.2, 0.25) is 5.02 Å². The lowest BCUT2D eigenvalue weighted by atomic mass is 10.0. The van der Waals surface area contributed by atoms with Gasteiger partial charge in [-0.05, 0) is 18.6 Å². The minimum atomic E-state index is -0.348. The van der Waals surface area contributed by atoms with E-state index in [0.717, 1.165) is 10.1 Å². The first-order chi connectivity index (χ1) is 11.4. The lowest BCUT2D eigenvalue weighted by Gasteiger charge is -2.30. The number of anilines is 1. The van der Waals surface area contributed by atoms with Crippen LogP contribution in [0.15, 0.2) is 40.1 Å². The Morgan fingerprint density at radius 3 is 2.54 bits per heavy atom. The maximum atomic E-state index is 12.6. The fourth-order valence-corrected chi connectivity index (χ4v) is 3.05. The number of benzene rings is 1. The van der Waals surface area contributed by atoms with Crippen LogP contribution < -0.4 is 20.9 Å². The third-order valence-corrected chi connectivity index (χ3v) is 4.51. The molecule has 24 heavy (non-hydrogen) atoms. The van der Waals surface area contributed by atoms with Crippen LogP contribution in [0.25, 0.3) is 5.57 Å². The fraction of sp³-hybridized carbons (Fsp3) is 0.294. The summed E-state index contributed by atoms with van der Waals surface area (Å²) in [6.45, 7) is 0.686. The third kappa shape index (κ3) is 2.63. The van der Waals surface area contributed by atoms with Crippen LogP contribution in [0.5, 0.6) is 5.75 Å². The Bertz CT molecular complexity index is 943. The van der Waals surface area contributed by atoms with E-state index in [1.165, 1.54) is 11.6 Å². The van der Waals surface area contributed by atoms with Crippen molar-refractivity contribution in [2.24, 2.45) is 14.1 Å². The van der Waals surface area contributed by atoms with E-state index in [-0.39, 0.29) is 11.2 Å². The van der Waals surface area contributed by atoms with Gasteiger partial charge in [-0.1, -0.05) is 23.7 Å². The summed E-state index contributed by atoms with van der Waals surface area (Å²) in [5.41, 5.74) is 0.562. The first-order valence-electron chi connectivity index (χ1n) is 7.53. The van der Waals surface area contributed by atoms with Gasteiger partial charge in [0, 0.05) is 33.3 Å². The smallest absolute Gasteiger partial charge is 0.332 e. The van der Waals surface area contributed by atoms with Gasteiger partial charge in [0.1, 0.15) is 11.6 Å². The molecule has 0 bridgehead atoms. The first kappa shape index (κ1) is 16.4. The predicted molar refractivity (Wildman–Crippen MR) is 94.9 cm³/mol. The van der Waals surface area contributed by atoms with Gasteiger partial charge < -0.3 is 9.64 Å². The summed E-state index contributed by atoms with van der Waals surface area (Å²) in [6.07, 6.45) is 2.19. The van der Waals surface area contributed by atoms with Crippen LogP contribution in [0.1, 0.15) is 12.0 Å². The lowest BCUT2D eigenvalue weighted by molar-refractivity contribution is 0.481. The number of ether oxygens (including phenoxy) is 1. The fourth-order valence-electron chi connectivity index (χ4n) is 2.87. The Kier molecular flexibility index (Phi) is 4.24. The average molecular weight is 348 g/mol. The van der Waals surface area contributed by atoms with Gasteiger partial charge in [-0.3, -0.25) is 13.9 Å². The number of para-hydroxylation sites is 1. The summed E-state index contributed by atoms with van der Waals surface area (Å²) in [7, 11) is 5.00. The Balaban J connectivity index is 2.13. The SMILES string of the molecule is CN1CC/C(=C\Oc2ccccc2Cl)c2c1n(C)c(=O)n(C)c2=O. The zero-order valence-electron chi connectivity index (χ0n) is 13.7. The highest BCUT2D eigenvalue weighted by atomic mass is 35.5. The van der Waals surface area contributed by atoms with E-state index >= 15 is 0 Å². The number of fused-ring (bicyclic) bond motifs is 1. The number of hydrogen-bond donors (Lipinski definition) is 0. The van der Waals surface area contributed by atoms with E-state index in [4.69, 9.17) is 16.3 Å². The molecule has 1 aromatic carbocycles. The normalized spacial score (nSPS) is 15.5. The van der Waals surface area contributed by atoms with E-state index in [2.05, 4.69) is 0 Å². The Morgan fingerprint density at radius 2 is 1.83 bits per heavy atom. The Hall–Kier alpha value is -2.47. The van der Waals surface area contributed by atoms with Crippen molar-refractivity contribution in [1.29, 1.82) is 0 Å². The van der Waals surface area contributed by atoms with Crippen molar-refractivity contribution in [2.75, 3.05) is 18.5 Å². The number of nitrogens with zero attached hydrogens (tertiary/aromatic N) is 3. The van der Waals surface area contributed by atoms with Crippen molar-refractivity contribution in [3.05, 3.63) is 62.0 Å². The molecular formula is C17H18ClN3O3. The van der Waals surface area contributed by atoms with Gasteiger partial charge >= 0.3 is 5.69 Å². The monoisotopic (exact) mass is 347 g/mol. The number of halogens is 1. The van der Waals surface area contributed by atoms with Gasteiger partial charge in [0.2, 0.25) is 0 Å². The molecule has 2 aromatic rings. The second-order valence-electron chi connectivity index (χ2n) is 5.77. The highest BCUT2D eigenvalue weighted by molar-refractivity contribution is 6.32. The molecule has 0 unspecified atom stereocenters. The molecule has 0 N–H and O–H groups in total. The highest BCUT2D eigenvalue weighted by Gasteiger charge is 2.26. The second kappa shape index (κ2) is 6.20. The van der Waals surface area contributed by atoms with Crippen molar-refractivity contribution >= 4 is 23.0 Å². The molecule has 1 aliphatic rings. The Morgan fingerprint density at radius 1 is 1.12 bits per heavy atom. The van der Waals surface area contributed by atoms with Crippen molar-refractivity contribution < 1.29 is 4.74 Å². The summed E-state index contributed by atoms with van der Waals surface area (Å²) in [4.78, 5) is 26.7. The van der Waals surface area contributed by atoms with Gasteiger partial charge in [0.15, 0.2) is 0 Å². The molecule has 126 valence electrons. The average Bonchev–Trinajstić information content (AvgIpc) is 2.58. The molecule has 0 saturated carbocycles. The van der Waals surface area contributed by atoms with E-state index in [1.54, 1.807) is 25.4 Å². The van der Waals surface area contributed by atoms with Gasteiger partial charge in [-0.25, -0.2) is 4.79 Å². The van der Waals surface area contributed by atoms with Crippen molar-refractivity contribution in [3.63, 3.8) is 0 Å². The van der Waals surface area contributed by atoms with E-state index < -0.39 is 0 Å². The molecule has 0 fully saturated rings. The predicted octanol–water partition coefficient (Wildman–Crippen LogP) is 2.00. The van der Waals surface area contributed by atoms with Crippen molar-refractivity contribution in [2.45, 2.75) is 6.42 Å². The molecule has 7 heteroatoms. The minimum absolute atomic E-state index is 0.325. The molecule has 3 rings (SSSR count). The van der Waals surface area contributed by atoms with Gasteiger partial charge in [0.25, 0.3) is 5.56 Å². The van der Waals surface area contributed by atoms with Crippen LogP contribution in [0.3, 0.4) is 0 Å². The quantitative estimate of drug-likeness (QED) is 0.780. The van der Waals surface area contributed by atoms with E-state index in [0.29, 0.717) is 35.1 Å². The van der Waals surface area contributed by atoms with Crippen LogP contribution in [0, 0.1) is 0 Å². The molecular weight excluding hydrogens is 330 g/mol. The topological polar surface area (TPSA) is 56.5 Å². The zero-order chi connectivity index (χ0) is 17.4. The van der Waals surface area contributed by atoms with E-state index in [9.17, 15) is 9.59 Å². The summed E-state index contributed by atoms with van der Waals surface area (Å²) < 4.78 is 8.28. The van der Waals surface area contributed by atoms with Gasteiger partial charge in [0.05, 0.1) is 16.8 Å². The van der Waals surface area contributed by atoms with Gasteiger partial charge in [-0.2, -0.15) is 0 Å². The van der Waals surface area contributed by atoms with Crippen molar-refractivity contribution in [1.82, 2.24) is 9.13 Å². The largest absolute Gasteiger partial charge is 0.463 e. The molecule has 0 aliphatic carbocycles. The molecule has 0 radical (unpaired) electrons. The molecule has 6 nitrogen and oxygen atoms in total. The second-order valence-corrected chi connectivity index (χ2v) is 6.17. The molecule has 2 heterocycles. The Labute approximate surface area is 144 Å². The molecule has 1 aromatic heterocycles. The summed E-state index contributed by atoms with van der Waals surface area (Å²) in [5, 5.41) is 0.496. The third-order valence-electron chi connectivity index (χ3n) is 4.20. The number of hydrogen-bond acceptors (Lipinski definition) is 4. The lowest BCUT2D eigenvalue weighted by Crippen LogP contribution is -2.44. The molecule has 0 atom stereocenters. The molecule has 0 saturated heterocycles. The number of rotatable bonds is 2. The standard InChI is InChI=1S/C17H18ClN3O3/c1-19-9-8-11(10-24-13-7-5-4-6-12(13)18)14-15(19)20(2)17(23)21(3)16(14)22/h4-7,10H,8-9H2,1-3H3/b11-10+. The van der Waals surface area contributed by atoms with Crippen molar-refractivity contribution in [3.8, 4) is 5.75 Å². The minimum Gasteiger partial charge on any atom is -0.463 e. The number of aromatic nitrogens is 2. The van der Waals surface area contributed by atoms with E-state index in [1.807, 2.05) is 24.1 Å². The van der Waals surface area contributed by atoms with Crippen LogP contribution in [-0.2, 0) is 14.1 Å². The maximum Gasteiger partial charge on any atom is 0.332 e. The maximum absolute atomic E-state index is 12.6. The molecule has 1 aliphatic heterocycles. The zero-order valence-corrected chi connectivity index (χ0v) is 14.5. The van der Waals surface area contributed by atoms with Gasteiger partial charge in [-0.15, -0.1) is 0 Å². The van der Waals surface area contributed by atoms with Crippen LogP contribution in [-0.4, -0.2) is 22.7 Å². The summed E-state index contributed by atoms with van der Waals surface area (Å²) >= 11 is 6.09. The molecule has 0 amide bonds. The molecule has 0 spiro atoms. The first-order valence-corrected chi connectivity index (χ1v) is 7.91. The highest BCUT2D eigenvalue weighted by Crippen LogP contribution is 2.31.